The molecular formula is C54H37N. The highest BCUT2D eigenvalue weighted by atomic mass is 15.0. The molecule has 11 aromatic rings. The second-order valence-electron chi connectivity index (χ2n) is 14.7. The Hall–Kier alpha value is -6.96. The topological polar surface area (TPSA) is 4.93 Å². The molecule has 258 valence electrons. The van der Waals surface area contributed by atoms with E-state index in [9.17, 15) is 0 Å². The smallest absolute Gasteiger partial charge is 0.0547 e. The van der Waals surface area contributed by atoms with E-state index in [0.29, 0.717) is 0 Å². The van der Waals surface area contributed by atoms with Crippen LogP contribution in [0.1, 0.15) is 12.5 Å². The molecule has 0 atom stereocenters. The van der Waals surface area contributed by atoms with Crippen LogP contribution < -0.4 is 0 Å². The van der Waals surface area contributed by atoms with Gasteiger partial charge >= 0.3 is 0 Å². The number of hydrogen-bond acceptors (Lipinski definition) is 0. The molecular weight excluding hydrogens is 663 g/mol. The van der Waals surface area contributed by atoms with Crippen LogP contribution in [0.4, 0.5) is 0 Å². The van der Waals surface area contributed by atoms with Crippen molar-refractivity contribution in [2.24, 2.45) is 0 Å². The molecule has 0 fully saturated rings. The number of rotatable bonds is 5. The Bertz CT molecular complexity index is 3180. The Morgan fingerprint density at radius 1 is 0.364 bits per heavy atom. The lowest BCUT2D eigenvalue weighted by molar-refractivity contribution is 1.14. The van der Waals surface area contributed by atoms with E-state index < -0.39 is 0 Å². The van der Waals surface area contributed by atoms with Gasteiger partial charge in [0.05, 0.1) is 11.0 Å². The summed E-state index contributed by atoms with van der Waals surface area (Å²) >= 11 is 0. The summed E-state index contributed by atoms with van der Waals surface area (Å²) < 4.78 is 2.46. The lowest BCUT2D eigenvalue weighted by Crippen LogP contribution is -1.95. The Morgan fingerprint density at radius 3 is 1.49 bits per heavy atom. The molecule has 0 aliphatic rings. The number of nitrogens with zero attached hydrogens (tertiary/aromatic N) is 1. The van der Waals surface area contributed by atoms with Crippen molar-refractivity contribution in [2.75, 3.05) is 0 Å². The molecule has 55 heavy (non-hydrogen) atoms. The molecule has 0 unspecified atom stereocenters. The van der Waals surface area contributed by atoms with E-state index in [1.165, 1.54) is 104 Å². The highest BCUT2D eigenvalue weighted by Gasteiger charge is 2.20. The number of hydrogen-bond donors (Lipinski definition) is 0. The molecule has 1 heteroatoms. The first-order valence-electron chi connectivity index (χ1n) is 19.3. The Morgan fingerprint density at radius 2 is 0.855 bits per heavy atom. The largest absolute Gasteiger partial charge is 0.309 e. The molecule has 1 aromatic heterocycles. The first kappa shape index (κ1) is 31.6. The van der Waals surface area contributed by atoms with Crippen molar-refractivity contribution in [1.29, 1.82) is 0 Å². The van der Waals surface area contributed by atoms with Crippen LogP contribution in [0, 0.1) is 0 Å². The van der Waals surface area contributed by atoms with E-state index in [1.54, 1.807) is 0 Å². The Balaban J connectivity index is 1.17. The van der Waals surface area contributed by atoms with Crippen LogP contribution >= 0.6 is 0 Å². The summed E-state index contributed by atoms with van der Waals surface area (Å²) in [6.45, 7) is 2.24. The van der Waals surface area contributed by atoms with Gasteiger partial charge in [0.15, 0.2) is 0 Å². The zero-order valence-electron chi connectivity index (χ0n) is 30.6. The van der Waals surface area contributed by atoms with Gasteiger partial charge in [-0.05, 0) is 119 Å². The molecule has 0 saturated heterocycles. The molecule has 0 radical (unpaired) electrons. The fourth-order valence-electron chi connectivity index (χ4n) is 9.29. The van der Waals surface area contributed by atoms with Gasteiger partial charge in [-0.15, -0.1) is 0 Å². The van der Waals surface area contributed by atoms with Gasteiger partial charge in [-0.25, -0.2) is 0 Å². The summed E-state index contributed by atoms with van der Waals surface area (Å²) in [5.74, 6) is 0. The number of aromatic nitrogens is 1. The summed E-state index contributed by atoms with van der Waals surface area (Å²) in [6, 6.07) is 71.8. The van der Waals surface area contributed by atoms with Crippen molar-refractivity contribution in [1.82, 2.24) is 4.57 Å². The first-order valence-corrected chi connectivity index (χ1v) is 19.3. The molecule has 10 aromatic carbocycles. The van der Waals surface area contributed by atoms with Crippen molar-refractivity contribution in [3.8, 4) is 39.1 Å². The number of benzene rings is 10. The molecule has 1 nitrogen and oxygen atoms in total. The molecule has 1 heterocycles. The molecule has 0 bridgehead atoms. The van der Waals surface area contributed by atoms with Crippen molar-refractivity contribution in [3.05, 3.63) is 200 Å². The van der Waals surface area contributed by atoms with E-state index >= 15 is 0 Å². The maximum absolute atomic E-state index is 2.46. The van der Waals surface area contributed by atoms with E-state index in [2.05, 4.69) is 206 Å². The third-order valence-corrected chi connectivity index (χ3v) is 11.8. The van der Waals surface area contributed by atoms with E-state index in [-0.39, 0.29) is 0 Å². The number of fused-ring (bicyclic) bond motifs is 9. The van der Waals surface area contributed by atoms with Gasteiger partial charge in [0.25, 0.3) is 0 Å². The average Bonchev–Trinajstić information content (AvgIpc) is 3.61. The number of aryl methyl sites for hydroxylation is 1. The van der Waals surface area contributed by atoms with E-state index in [0.717, 1.165) is 12.1 Å². The van der Waals surface area contributed by atoms with Crippen LogP contribution in [0.2, 0.25) is 0 Å². The van der Waals surface area contributed by atoms with Crippen molar-refractivity contribution in [3.63, 3.8) is 0 Å². The van der Waals surface area contributed by atoms with Gasteiger partial charge in [0, 0.05) is 16.5 Å². The summed E-state index contributed by atoms with van der Waals surface area (Å²) in [5, 5.41) is 12.8. The minimum absolute atomic E-state index is 0.994. The summed E-state index contributed by atoms with van der Waals surface area (Å²) in [7, 11) is 0. The molecule has 0 spiro atoms. The van der Waals surface area contributed by atoms with Gasteiger partial charge in [0.1, 0.15) is 0 Å². The van der Waals surface area contributed by atoms with Crippen molar-refractivity contribution < 1.29 is 0 Å². The monoisotopic (exact) mass is 699 g/mol. The van der Waals surface area contributed by atoms with Crippen LogP contribution in [0.5, 0.6) is 0 Å². The van der Waals surface area contributed by atoms with E-state index in [4.69, 9.17) is 0 Å². The van der Waals surface area contributed by atoms with Crippen molar-refractivity contribution in [2.45, 2.75) is 13.3 Å². The van der Waals surface area contributed by atoms with Gasteiger partial charge in [-0.1, -0.05) is 171 Å². The lowest BCUT2D eigenvalue weighted by atomic mass is 9.84. The van der Waals surface area contributed by atoms with Gasteiger partial charge in [-0.2, -0.15) is 0 Å². The fraction of sp³-hybridized carbons (Fsp3) is 0.0370. The predicted octanol–water partition coefficient (Wildman–Crippen LogP) is 15.0. The average molecular weight is 700 g/mol. The van der Waals surface area contributed by atoms with Crippen LogP contribution in [0.25, 0.3) is 104 Å². The first-order chi connectivity index (χ1) is 27.3. The predicted molar refractivity (Wildman–Crippen MR) is 236 cm³/mol. The van der Waals surface area contributed by atoms with Crippen molar-refractivity contribution >= 4 is 64.9 Å². The summed E-state index contributed by atoms with van der Waals surface area (Å²) in [5.41, 5.74) is 12.5. The maximum Gasteiger partial charge on any atom is 0.0547 e. The minimum Gasteiger partial charge on any atom is -0.309 e. The molecule has 0 amide bonds. The van der Waals surface area contributed by atoms with Crippen LogP contribution in [0.15, 0.2) is 194 Å². The molecule has 0 aliphatic carbocycles. The second kappa shape index (κ2) is 12.6. The second-order valence-corrected chi connectivity index (χ2v) is 14.7. The fourth-order valence-corrected chi connectivity index (χ4v) is 9.29. The van der Waals surface area contributed by atoms with E-state index in [1.807, 2.05) is 0 Å². The molecule has 11 rings (SSSR count). The highest BCUT2D eigenvalue weighted by molar-refractivity contribution is 6.28. The van der Waals surface area contributed by atoms with Gasteiger partial charge < -0.3 is 4.57 Å². The normalized spacial score (nSPS) is 11.8. The van der Waals surface area contributed by atoms with Gasteiger partial charge in [-0.3, -0.25) is 0 Å². The Kier molecular flexibility index (Phi) is 7.22. The molecule has 0 N–H and O–H groups in total. The molecule has 0 saturated carbocycles. The third-order valence-electron chi connectivity index (χ3n) is 11.8. The standard InChI is InChI=1S/C54H37N/c1-2-35-14-6-9-19-42(35)40-26-31-47-48(34-40)52(38-17-4-3-5-18-38)46-23-13-12-22-45(46)51(47)39-24-29-41(30-25-39)55-49-32-27-36-15-7-10-20-43(36)53(49)54-44-21-11-8-16-37(44)28-33-50(54)55/h3-34H,2H2,1H3. The molecule has 0 aliphatic heterocycles. The summed E-state index contributed by atoms with van der Waals surface area (Å²) in [6.07, 6.45) is 0.994. The van der Waals surface area contributed by atoms with Gasteiger partial charge in [0.2, 0.25) is 0 Å². The lowest BCUT2D eigenvalue weighted by Gasteiger charge is -2.19. The zero-order chi connectivity index (χ0) is 36.5. The highest BCUT2D eigenvalue weighted by Crippen LogP contribution is 2.46. The quantitative estimate of drug-likeness (QED) is 0.158. The van der Waals surface area contributed by atoms with Crippen LogP contribution in [-0.2, 0) is 6.42 Å². The zero-order valence-corrected chi connectivity index (χ0v) is 30.6. The van der Waals surface area contributed by atoms with Crippen LogP contribution in [-0.4, -0.2) is 4.57 Å². The van der Waals surface area contributed by atoms with Crippen LogP contribution in [0.3, 0.4) is 0 Å². The maximum atomic E-state index is 2.46. The minimum atomic E-state index is 0.994. The third kappa shape index (κ3) is 4.87. The summed E-state index contributed by atoms with van der Waals surface area (Å²) in [4.78, 5) is 0. The SMILES string of the molecule is CCc1ccccc1-c1ccc2c(-c3ccc(-n4c5ccc6ccccc6c5c5c6ccccc6ccc54)cc3)c3ccccc3c(-c3ccccc3)c2c1. The Labute approximate surface area is 320 Å².